The van der Waals surface area contributed by atoms with Crippen LogP contribution in [0.4, 0.5) is 0 Å². The van der Waals surface area contributed by atoms with Gasteiger partial charge < -0.3 is 4.74 Å². The van der Waals surface area contributed by atoms with Crippen LogP contribution >= 0.6 is 31.9 Å². The molecule has 0 atom stereocenters. The van der Waals surface area contributed by atoms with Gasteiger partial charge in [-0.3, -0.25) is 4.79 Å². The van der Waals surface area contributed by atoms with Gasteiger partial charge in [0.15, 0.2) is 0 Å². The van der Waals surface area contributed by atoms with Crippen LogP contribution in [-0.4, -0.2) is 13.1 Å². The number of unbranched alkanes of at least 4 members (excludes halogenated alkanes) is 9. The van der Waals surface area contributed by atoms with Crippen LogP contribution in [0.15, 0.2) is 21.1 Å². The fourth-order valence-corrected chi connectivity index (χ4v) is 3.05. The second-order valence-electron chi connectivity index (χ2n) is 5.84. The van der Waals surface area contributed by atoms with Gasteiger partial charge in [0.05, 0.1) is 7.11 Å². The van der Waals surface area contributed by atoms with Gasteiger partial charge in [-0.05, 0) is 64.0 Å². The molecule has 0 N–H and O–H groups in total. The Morgan fingerprint density at radius 1 is 0.826 bits per heavy atom. The zero-order valence-electron chi connectivity index (χ0n) is 14.7. The van der Waals surface area contributed by atoms with Crippen molar-refractivity contribution in [2.75, 3.05) is 7.11 Å². The second kappa shape index (κ2) is 16.8. The summed E-state index contributed by atoms with van der Waals surface area (Å²) in [6.45, 7) is 2.25. The lowest BCUT2D eigenvalue weighted by atomic mass is 10.1. The van der Waals surface area contributed by atoms with E-state index in [1.807, 2.05) is 0 Å². The van der Waals surface area contributed by atoms with E-state index in [0.717, 1.165) is 43.0 Å². The number of esters is 1. The fraction of sp³-hybridized carbons (Fsp3) is 0.737. The van der Waals surface area contributed by atoms with Crippen molar-refractivity contribution in [3.8, 4) is 0 Å². The van der Waals surface area contributed by atoms with Gasteiger partial charge in [0.1, 0.15) is 0 Å². The molecule has 0 aromatic rings. The first-order chi connectivity index (χ1) is 11.1. The van der Waals surface area contributed by atoms with Gasteiger partial charge in [-0.1, -0.05) is 57.6 Å². The molecule has 0 rings (SSSR count). The lowest BCUT2D eigenvalue weighted by molar-refractivity contribution is -0.140. The van der Waals surface area contributed by atoms with Crippen LogP contribution in [0.5, 0.6) is 0 Å². The topological polar surface area (TPSA) is 26.3 Å². The summed E-state index contributed by atoms with van der Waals surface area (Å²) in [4.78, 5) is 11.0. The molecule has 0 heterocycles. The van der Waals surface area contributed by atoms with Gasteiger partial charge in [-0.2, -0.15) is 0 Å². The van der Waals surface area contributed by atoms with Crippen LogP contribution in [0.1, 0.15) is 84.0 Å². The first kappa shape index (κ1) is 22.9. The van der Waals surface area contributed by atoms with Crippen molar-refractivity contribution in [2.24, 2.45) is 0 Å². The molecule has 0 fully saturated rings. The van der Waals surface area contributed by atoms with Crippen LogP contribution in [0.3, 0.4) is 0 Å². The summed E-state index contributed by atoms with van der Waals surface area (Å²) in [5.41, 5.74) is 0. The number of halogens is 2. The van der Waals surface area contributed by atoms with Crippen LogP contribution < -0.4 is 0 Å². The van der Waals surface area contributed by atoms with Crippen molar-refractivity contribution in [3.63, 3.8) is 0 Å². The molecular formula is C19H32Br2O2. The van der Waals surface area contributed by atoms with Crippen molar-refractivity contribution in [2.45, 2.75) is 84.0 Å². The predicted molar refractivity (Wildman–Crippen MR) is 107 cm³/mol. The Balaban J connectivity index is 3.68. The molecule has 0 amide bonds. The monoisotopic (exact) mass is 450 g/mol. The van der Waals surface area contributed by atoms with E-state index in [4.69, 9.17) is 0 Å². The van der Waals surface area contributed by atoms with Gasteiger partial charge in [-0.25, -0.2) is 0 Å². The molecule has 0 aliphatic carbocycles. The summed E-state index contributed by atoms with van der Waals surface area (Å²) in [7, 11) is 1.45. The van der Waals surface area contributed by atoms with Gasteiger partial charge in [0.2, 0.25) is 0 Å². The normalized spacial score (nSPS) is 12.5. The molecule has 0 aromatic heterocycles. The molecule has 23 heavy (non-hydrogen) atoms. The number of allylic oxidation sites excluding steroid dienone is 4. The Labute approximate surface area is 159 Å². The highest BCUT2D eigenvalue weighted by molar-refractivity contribution is 9.15. The Morgan fingerprint density at radius 2 is 1.30 bits per heavy atom. The maximum Gasteiger partial charge on any atom is 0.305 e. The van der Waals surface area contributed by atoms with Gasteiger partial charge in [0.25, 0.3) is 0 Å². The molecular weight excluding hydrogens is 420 g/mol. The number of carbonyl (C=O) groups is 1. The molecule has 2 nitrogen and oxygen atoms in total. The summed E-state index contributed by atoms with van der Waals surface area (Å²) in [5, 5.41) is 0. The third-order valence-electron chi connectivity index (χ3n) is 3.75. The zero-order chi connectivity index (χ0) is 17.3. The van der Waals surface area contributed by atoms with Crippen LogP contribution in [0.2, 0.25) is 0 Å². The number of carbonyl (C=O) groups excluding carboxylic acids is 1. The average Bonchev–Trinajstić information content (AvgIpc) is 2.56. The van der Waals surface area contributed by atoms with E-state index < -0.39 is 0 Å². The molecule has 134 valence electrons. The molecule has 0 bridgehead atoms. The third kappa shape index (κ3) is 15.2. The number of ether oxygens (including phenoxy) is 1. The van der Waals surface area contributed by atoms with Crippen molar-refractivity contribution < 1.29 is 9.53 Å². The summed E-state index contributed by atoms with van der Waals surface area (Å²) in [6, 6.07) is 0. The minimum Gasteiger partial charge on any atom is -0.469 e. The van der Waals surface area contributed by atoms with E-state index in [0.29, 0.717) is 6.42 Å². The lowest BCUT2D eigenvalue weighted by Gasteiger charge is -2.01. The van der Waals surface area contributed by atoms with E-state index in [9.17, 15) is 4.79 Å². The van der Waals surface area contributed by atoms with E-state index in [1.165, 1.54) is 43.7 Å². The SMILES string of the molecule is CCCCCCCC=C(Br)C(Br)=CCCCCCCC(=O)OC. The fourth-order valence-electron chi connectivity index (χ4n) is 2.27. The highest BCUT2D eigenvalue weighted by Gasteiger charge is 2.00. The quantitative estimate of drug-likeness (QED) is 0.156. The Morgan fingerprint density at radius 3 is 1.78 bits per heavy atom. The van der Waals surface area contributed by atoms with E-state index in [2.05, 4.69) is 55.7 Å². The number of methoxy groups -OCH3 is 1. The summed E-state index contributed by atoms with van der Waals surface area (Å²) in [5.74, 6) is -0.101. The highest BCUT2D eigenvalue weighted by atomic mass is 79.9. The smallest absolute Gasteiger partial charge is 0.305 e. The molecule has 4 heteroatoms. The number of hydrogen-bond acceptors (Lipinski definition) is 2. The van der Waals surface area contributed by atoms with E-state index in [-0.39, 0.29) is 5.97 Å². The van der Waals surface area contributed by atoms with Crippen LogP contribution in [-0.2, 0) is 9.53 Å². The molecule has 0 spiro atoms. The largest absolute Gasteiger partial charge is 0.469 e. The summed E-state index contributed by atoms with van der Waals surface area (Å²) in [6.07, 6.45) is 18.2. The van der Waals surface area contributed by atoms with Gasteiger partial charge in [-0.15, -0.1) is 0 Å². The maximum absolute atomic E-state index is 11.0. The Hall–Kier alpha value is -0.0900. The minimum absolute atomic E-state index is 0.101. The van der Waals surface area contributed by atoms with E-state index in [1.54, 1.807) is 0 Å². The Bertz CT molecular complexity index is 362. The van der Waals surface area contributed by atoms with Crippen molar-refractivity contribution in [3.05, 3.63) is 21.1 Å². The predicted octanol–water partition coefficient (Wildman–Crippen LogP) is 7.42. The zero-order valence-corrected chi connectivity index (χ0v) is 17.9. The minimum atomic E-state index is -0.101. The molecule has 0 radical (unpaired) electrons. The first-order valence-corrected chi connectivity index (χ1v) is 10.5. The maximum atomic E-state index is 11.0. The van der Waals surface area contributed by atoms with Gasteiger partial charge in [0, 0.05) is 15.4 Å². The number of hydrogen-bond donors (Lipinski definition) is 0. The summed E-state index contributed by atoms with van der Waals surface area (Å²) < 4.78 is 6.95. The summed E-state index contributed by atoms with van der Waals surface area (Å²) >= 11 is 7.27. The van der Waals surface area contributed by atoms with Crippen LogP contribution in [0.25, 0.3) is 0 Å². The Kier molecular flexibility index (Phi) is 16.7. The highest BCUT2D eigenvalue weighted by Crippen LogP contribution is 2.25. The average molecular weight is 452 g/mol. The molecule has 0 saturated heterocycles. The third-order valence-corrected chi connectivity index (χ3v) is 5.78. The van der Waals surface area contributed by atoms with Crippen molar-refractivity contribution in [1.82, 2.24) is 0 Å². The number of rotatable bonds is 14. The molecule has 0 saturated carbocycles. The van der Waals surface area contributed by atoms with Crippen molar-refractivity contribution >= 4 is 37.8 Å². The van der Waals surface area contributed by atoms with E-state index >= 15 is 0 Å². The first-order valence-electron chi connectivity index (χ1n) is 8.90. The van der Waals surface area contributed by atoms with Gasteiger partial charge >= 0.3 is 5.97 Å². The van der Waals surface area contributed by atoms with Crippen LogP contribution in [0, 0.1) is 0 Å². The molecule has 0 aliphatic heterocycles. The standard InChI is InChI=1S/C19H32Br2O2/c1-3-4-5-6-8-11-14-17(20)18(21)15-12-9-7-10-13-16-19(22)23-2/h14-15H,3-13,16H2,1-2H3. The second-order valence-corrected chi connectivity index (χ2v) is 7.54. The van der Waals surface area contributed by atoms with Crippen molar-refractivity contribution in [1.29, 1.82) is 0 Å². The molecule has 0 aromatic carbocycles. The lowest BCUT2D eigenvalue weighted by Crippen LogP contribution is -1.98. The molecule has 0 unspecified atom stereocenters. The molecule has 0 aliphatic rings.